The highest BCUT2D eigenvalue weighted by Crippen LogP contribution is 2.35. The number of nitrogens with zero attached hydrogens (tertiary/aromatic N) is 3. The van der Waals surface area contributed by atoms with E-state index in [-0.39, 0.29) is 0 Å². The van der Waals surface area contributed by atoms with Crippen molar-refractivity contribution in [2.45, 2.75) is 6.42 Å². The van der Waals surface area contributed by atoms with Crippen molar-refractivity contribution in [2.75, 3.05) is 15.9 Å². The highest BCUT2D eigenvalue weighted by Gasteiger charge is 2.16. The number of benzene rings is 1. The highest BCUT2D eigenvalue weighted by molar-refractivity contribution is 14.1. The molecule has 25 heavy (non-hydrogen) atoms. The summed E-state index contributed by atoms with van der Waals surface area (Å²) in [6.07, 6.45) is 9.50. The van der Waals surface area contributed by atoms with Crippen LogP contribution in [0.15, 0.2) is 53.3 Å². The average Bonchev–Trinajstić information content (AvgIpc) is 3.02. The van der Waals surface area contributed by atoms with E-state index in [0.717, 1.165) is 26.4 Å². The average molecular weight is 524 g/mol. The lowest BCUT2D eigenvalue weighted by atomic mass is 9.99. The number of fused-ring (bicyclic) bond motifs is 2. The number of pyridine rings is 1. The first-order valence-corrected chi connectivity index (χ1v) is 11.1. The Kier molecular flexibility index (Phi) is 5.19. The van der Waals surface area contributed by atoms with Crippen LogP contribution in [0.4, 0.5) is 5.69 Å². The molecule has 0 saturated carbocycles. The van der Waals surface area contributed by atoms with Gasteiger partial charge in [0.05, 0.1) is 4.70 Å². The summed E-state index contributed by atoms with van der Waals surface area (Å²) in [5, 5.41) is 0.982. The summed E-state index contributed by atoms with van der Waals surface area (Å²) in [5.74, 6) is 0. The van der Waals surface area contributed by atoms with Crippen molar-refractivity contribution in [1.82, 2.24) is 9.97 Å². The van der Waals surface area contributed by atoms with Gasteiger partial charge in [-0.3, -0.25) is 0 Å². The molecule has 0 spiro atoms. The van der Waals surface area contributed by atoms with Crippen LogP contribution >= 0.6 is 49.9 Å². The monoisotopic (exact) mass is 523 g/mol. The normalized spacial score (nSPS) is 15.1. The number of hydrogen-bond donors (Lipinski definition) is 0. The molecule has 3 heterocycles. The van der Waals surface area contributed by atoms with Crippen LogP contribution in [0.25, 0.3) is 22.0 Å². The number of allylic oxidation sites excluding steroid dienone is 2. The molecule has 1 aromatic carbocycles. The zero-order valence-electron chi connectivity index (χ0n) is 13.3. The van der Waals surface area contributed by atoms with Gasteiger partial charge in [-0.2, -0.15) is 0 Å². The number of alkyl halides is 1. The molecule has 0 fully saturated rings. The van der Waals surface area contributed by atoms with Crippen molar-refractivity contribution in [1.29, 1.82) is 0 Å². The largest absolute Gasteiger partial charge is 0.347 e. The smallest absolute Gasteiger partial charge is 0.170 e. The zero-order chi connectivity index (χ0) is 17.2. The van der Waals surface area contributed by atoms with Crippen molar-refractivity contribution in [3.63, 3.8) is 0 Å². The van der Waals surface area contributed by atoms with E-state index in [9.17, 15) is 0 Å². The fraction of sp³-hybridized carbons (Fsp3) is 0.158. The molecule has 0 amide bonds. The molecule has 3 aromatic rings. The molecule has 0 saturated heterocycles. The van der Waals surface area contributed by atoms with Crippen LogP contribution in [-0.4, -0.2) is 20.9 Å². The van der Waals surface area contributed by atoms with E-state index in [1.54, 1.807) is 17.5 Å². The Morgan fingerprint density at radius 1 is 1.28 bits per heavy atom. The molecule has 0 unspecified atom stereocenters. The van der Waals surface area contributed by atoms with Crippen LogP contribution in [0.3, 0.4) is 0 Å². The summed E-state index contributed by atoms with van der Waals surface area (Å²) in [5.41, 5.74) is 4.52. The Hall–Kier alpha value is -1.25. The number of rotatable bonds is 4. The maximum Gasteiger partial charge on any atom is 0.170 e. The van der Waals surface area contributed by atoms with E-state index < -0.39 is 0 Å². The van der Waals surface area contributed by atoms with Crippen molar-refractivity contribution >= 4 is 77.5 Å². The molecule has 0 radical (unpaired) electrons. The molecule has 126 valence electrons. The van der Waals surface area contributed by atoms with Crippen molar-refractivity contribution in [2.24, 2.45) is 0 Å². The van der Waals surface area contributed by atoms with Gasteiger partial charge >= 0.3 is 0 Å². The lowest BCUT2D eigenvalue weighted by Crippen LogP contribution is -2.21. The van der Waals surface area contributed by atoms with E-state index in [4.69, 9.17) is 0 Å². The Morgan fingerprint density at radius 2 is 2.16 bits per heavy atom. The van der Waals surface area contributed by atoms with Crippen LogP contribution in [0, 0.1) is 0 Å². The van der Waals surface area contributed by atoms with E-state index in [1.165, 1.54) is 27.7 Å². The number of anilines is 1. The standard InChI is InChI=1S/C19H15BrIN3S/c20-14-11-17-19(22-12-14)23-18(25-17)10-13-6-9-24(8-3-7-21)16-5-2-1-4-15(13)16/h1-2,4-6,9-12H,3,7-8H2/b13-10+. The Morgan fingerprint density at radius 3 is 3.04 bits per heavy atom. The summed E-state index contributed by atoms with van der Waals surface area (Å²) < 4.78 is 3.25. The van der Waals surface area contributed by atoms with Crippen molar-refractivity contribution in [3.8, 4) is 0 Å². The number of thiazole rings is 1. The Bertz CT molecular complexity index is 980. The molecule has 6 heteroatoms. The lowest BCUT2D eigenvalue weighted by molar-refractivity contribution is 0.893. The van der Waals surface area contributed by atoms with Crippen LogP contribution < -0.4 is 4.90 Å². The molecular formula is C19H15BrIN3S. The first-order valence-electron chi connectivity index (χ1n) is 7.98. The molecule has 0 aliphatic carbocycles. The van der Waals surface area contributed by atoms with Gasteiger partial charge in [0.15, 0.2) is 5.65 Å². The van der Waals surface area contributed by atoms with Gasteiger partial charge < -0.3 is 4.90 Å². The molecular weight excluding hydrogens is 509 g/mol. The predicted molar refractivity (Wildman–Crippen MR) is 119 cm³/mol. The van der Waals surface area contributed by atoms with Gasteiger partial charge in [0.2, 0.25) is 0 Å². The third kappa shape index (κ3) is 3.66. The molecule has 0 N–H and O–H groups in total. The minimum atomic E-state index is 0.803. The summed E-state index contributed by atoms with van der Waals surface area (Å²) in [6, 6.07) is 10.6. The Balaban J connectivity index is 1.73. The summed E-state index contributed by atoms with van der Waals surface area (Å²) in [4.78, 5) is 11.4. The van der Waals surface area contributed by atoms with Gasteiger partial charge in [0, 0.05) is 39.1 Å². The quantitative estimate of drug-likeness (QED) is 0.303. The molecule has 4 rings (SSSR count). The molecule has 0 atom stereocenters. The summed E-state index contributed by atoms with van der Waals surface area (Å²) >= 11 is 7.57. The topological polar surface area (TPSA) is 29.0 Å². The van der Waals surface area contributed by atoms with Gasteiger partial charge in [0.25, 0.3) is 0 Å². The maximum absolute atomic E-state index is 4.65. The minimum absolute atomic E-state index is 0.803. The van der Waals surface area contributed by atoms with Crippen LogP contribution in [0.5, 0.6) is 0 Å². The summed E-state index contributed by atoms with van der Waals surface area (Å²) in [7, 11) is 0. The van der Waals surface area contributed by atoms with E-state index >= 15 is 0 Å². The first-order chi connectivity index (χ1) is 12.2. The second kappa shape index (κ2) is 7.55. The summed E-state index contributed by atoms with van der Waals surface area (Å²) in [6.45, 7) is 1.04. The van der Waals surface area contributed by atoms with Gasteiger partial charge in [-0.05, 0) is 52.2 Å². The maximum atomic E-state index is 4.65. The number of halogens is 2. The fourth-order valence-electron chi connectivity index (χ4n) is 2.87. The predicted octanol–water partition coefficient (Wildman–Crippen LogP) is 6.15. The van der Waals surface area contributed by atoms with Crippen molar-refractivity contribution < 1.29 is 0 Å². The van der Waals surface area contributed by atoms with E-state index in [0.29, 0.717) is 0 Å². The van der Waals surface area contributed by atoms with E-state index in [2.05, 4.69) is 102 Å². The van der Waals surface area contributed by atoms with E-state index in [1.807, 2.05) is 0 Å². The number of hydrogen-bond acceptors (Lipinski definition) is 4. The number of aromatic nitrogens is 2. The van der Waals surface area contributed by atoms with Crippen molar-refractivity contribution in [3.05, 3.63) is 63.8 Å². The molecule has 1 aliphatic heterocycles. The molecule has 0 bridgehead atoms. The fourth-order valence-corrected chi connectivity index (χ4v) is 4.61. The second-order valence-corrected chi connectivity index (χ2v) is 8.75. The third-order valence-electron chi connectivity index (χ3n) is 4.00. The van der Waals surface area contributed by atoms with Crippen LogP contribution in [-0.2, 0) is 0 Å². The molecule has 2 aromatic heterocycles. The number of para-hydroxylation sites is 1. The lowest BCUT2D eigenvalue weighted by Gasteiger charge is -2.27. The SMILES string of the molecule is Brc1cnc2nc(/C=C3\C=CN(CCCI)c4ccccc43)sc2c1. The minimum Gasteiger partial charge on any atom is -0.347 e. The highest BCUT2D eigenvalue weighted by atomic mass is 127. The van der Waals surface area contributed by atoms with Crippen LogP contribution in [0.1, 0.15) is 17.0 Å². The Labute approximate surface area is 172 Å². The first kappa shape index (κ1) is 17.2. The zero-order valence-corrected chi connectivity index (χ0v) is 17.9. The molecule has 3 nitrogen and oxygen atoms in total. The second-order valence-electron chi connectivity index (χ2n) is 5.70. The molecule has 1 aliphatic rings. The third-order valence-corrected chi connectivity index (χ3v) is 6.14. The van der Waals surface area contributed by atoms with Crippen LogP contribution in [0.2, 0.25) is 0 Å². The van der Waals surface area contributed by atoms with Gasteiger partial charge in [-0.25, -0.2) is 9.97 Å². The van der Waals surface area contributed by atoms with Gasteiger partial charge in [-0.15, -0.1) is 11.3 Å². The van der Waals surface area contributed by atoms with Gasteiger partial charge in [0.1, 0.15) is 5.01 Å². The van der Waals surface area contributed by atoms with Gasteiger partial charge in [-0.1, -0.05) is 40.8 Å².